The Kier molecular flexibility index (Phi) is 4.24. The molecule has 0 aliphatic carbocycles. The lowest BCUT2D eigenvalue weighted by molar-refractivity contribution is -0.142. The third kappa shape index (κ3) is 3.04. The molecular weight excluding hydrogens is 336 g/mol. The van der Waals surface area contributed by atoms with Crippen LogP contribution in [0.1, 0.15) is 56.4 Å². The molecule has 2 aromatic rings. The summed E-state index contributed by atoms with van der Waals surface area (Å²) < 4.78 is 16.3. The van der Waals surface area contributed by atoms with E-state index in [1.54, 1.807) is 12.1 Å². The van der Waals surface area contributed by atoms with Gasteiger partial charge in [-0.25, -0.2) is 0 Å². The minimum absolute atomic E-state index is 0.00473. The number of esters is 1. The normalized spacial score (nSPS) is 16.7. The lowest BCUT2D eigenvalue weighted by Gasteiger charge is -2.26. The van der Waals surface area contributed by atoms with E-state index >= 15 is 0 Å². The van der Waals surface area contributed by atoms with Gasteiger partial charge in [0.25, 0.3) is 0 Å². The van der Waals surface area contributed by atoms with Crippen LogP contribution in [0.25, 0.3) is 0 Å². The summed E-state index contributed by atoms with van der Waals surface area (Å²) in [4.78, 5) is 11.0. The average Bonchev–Trinajstić information content (AvgIpc) is 3.17. The van der Waals surface area contributed by atoms with Gasteiger partial charge in [-0.05, 0) is 12.1 Å². The first kappa shape index (κ1) is 17.6. The summed E-state index contributed by atoms with van der Waals surface area (Å²) in [5, 5.41) is 16.8. The smallest absolute Gasteiger partial charge is 0.303 e. The van der Waals surface area contributed by atoms with Crippen LogP contribution in [0.3, 0.4) is 0 Å². The number of nitriles is 1. The summed E-state index contributed by atoms with van der Waals surface area (Å²) in [6.07, 6.45) is 0. The minimum Gasteiger partial charge on any atom is -0.461 e. The van der Waals surface area contributed by atoms with E-state index in [0.717, 1.165) is 11.3 Å². The maximum Gasteiger partial charge on any atom is 0.303 e. The topological polar surface area (TPSA) is 127 Å². The number of rotatable bonds is 3. The number of aromatic amines is 1. The average molecular weight is 356 g/mol. The molecule has 1 aliphatic rings. The summed E-state index contributed by atoms with van der Waals surface area (Å²) in [5.41, 5.74) is 7.46. The van der Waals surface area contributed by atoms with Crippen molar-refractivity contribution in [2.45, 2.75) is 45.6 Å². The predicted molar refractivity (Wildman–Crippen MR) is 90.8 cm³/mol. The molecule has 3 heterocycles. The van der Waals surface area contributed by atoms with Crippen LogP contribution >= 0.6 is 0 Å². The number of nitrogens with zero attached hydrogens (tertiary/aromatic N) is 2. The fourth-order valence-corrected chi connectivity index (χ4v) is 2.90. The van der Waals surface area contributed by atoms with Crippen molar-refractivity contribution >= 4 is 5.97 Å². The number of hydrogen-bond acceptors (Lipinski definition) is 7. The Morgan fingerprint density at radius 2 is 2.19 bits per heavy atom. The highest BCUT2D eigenvalue weighted by molar-refractivity contribution is 5.65. The van der Waals surface area contributed by atoms with Gasteiger partial charge in [-0.1, -0.05) is 20.8 Å². The second kappa shape index (κ2) is 6.26. The Hall–Kier alpha value is -3.21. The van der Waals surface area contributed by atoms with Gasteiger partial charge in [-0.3, -0.25) is 9.89 Å². The monoisotopic (exact) mass is 356 g/mol. The zero-order valence-corrected chi connectivity index (χ0v) is 15.0. The second-order valence-corrected chi connectivity index (χ2v) is 7.08. The van der Waals surface area contributed by atoms with Crippen molar-refractivity contribution in [3.05, 3.63) is 46.4 Å². The van der Waals surface area contributed by atoms with Crippen molar-refractivity contribution in [2.75, 3.05) is 0 Å². The molecule has 0 bridgehead atoms. The highest BCUT2D eigenvalue weighted by Crippen LogP contribution is 2.45. The number of nitrogens with two attached hydrogens (primary N) is 1. The van der Waals surface area contributed by atoms with Crippen LogP contribution in [-0.4, -0.2) is 16.2 Å². The molecule has 3 rings (SSSR count). The van der Waals surface area contributed by atoms with Crippen molar-refractivity contribution < 1.29 is 18.7 Å². The molecule has 0 aromatic carbocycles. The van der Waals surface area contributed by atoms with Gasteiger partial charge in [0.05, 0.1) is 11.5 Å². The summed E-state index contributed by atoms with van der Waals surface area (Å²) >= 11 is 0. The molecule has 1 aliphatic heterocycles. The van der Waals surface area contributed by atoms with E-state index in [2.05, 4.69) is 16.3 Å². The Morgan fingerprint density at radius 3 is 2.81 bits per heavy atom. The SMILES string of the molecule is CC(=O)OCc1ccc([C@@H]2C(C#N)=C(N)Oc3n[nH]c(C(C)(C)C)c32)o1. The number of nitrogens with one attached hydrogen (secondary N) is 1. The zero-order chi connectivity index (χ0) is 19.1. The van der Waals surface area contributed by atoms with Crippen LogP contribution in [0.15, 0.2) is 28.0 Å². The van der Waals surface area contributed by atoms with Crippen LogP contribution in [0.4, 0.5) is 0 Å². The standard InChI is InChI=1S/C18H20N4O4/c1-9(23)24-8-10-5-6-12(25-10)13-11(7-19)16(20)26-17-14(13)15(21-22-17)18(2,3)4/h5-6,13H,8,20H2,1-4H3,(H,21,22)/t13-/m0/s1. The van der Waals surface area contributed by atoms with Gasteiger partial charge in [0.15, 0.2) is 0 Å². The molecule has 26 heavy (non-hydrogen) atoms. The van der Waals surface area contributed by atoms with Gasteiger partial charge >= 0.3 is 5.97 Å². The summed E-state index contributed by atoms with van der Waals surface area (Å²) in [6.45, 7) is 7.43. The maximum atomic E-state index is 11.0. The quantitative estimate of drug-likeness (QED) is 0.809. The third-order valence-corrected chi connectivity index (χ3v) is 4.07. The Bertz CT molecular complexity index is 924. The fourth-order valence-electron chi connectivity index (χ4n) is 2.90. The highest BCUT2D eigenvalue weighted by atomic mass is 16.5. The van der Waals surface area contributed by atoms with Gasteiger partial charge in [0.2, 0.25) is 11.8 Å². The Morgan fingerprint density at radius 1 is 1.46 bits per heavy atom. The number of ether oxygens (including phenoxy) is 2. The molecule has 8 heteroatoms. The summed E-state index contributed by atoms with van der Waals surface area (Å²) in [7, 11) is 0. The lowest BCUT2D eigenvalue weighted by atomic mass is 9.81. The molecule has 3 N–H and O–H groups in total. The number of aromatic nitrogens is 2. The summed E-state index contributed by atoms with van der Waals surface area (Å²) in [5.74, 6) is 0.345. The van der Waals surface area contributed by atoms with Gasteiger partial charge in [-0.15, -0.1) is 5.10 Å². The molecule has 0 radical (unpaired) electrons. The molecule has 2 aromatic heterocycles. The Balaban J connectivity index is 2.09. The van der Waals surface area contributed by atoms with E-state index in [1.807, 2.05) is 20.8 Å². The van der Waals surface area contributed by atoms with E-state index in [-0.39, 0.29) is 23.5 Å². The predicted octanol–water partition coefficient (Wildman–Crippen LogP) is 2.58. The van der Waals surface area contributed by atoms with Crippen LogP contribution in [0.5, 0.6) is 5.88 Å². The van der Waals surface area contributed by atoms with Crippen LogP contribution < -0.4 is 10.5 Å². The molecule has 136 valence electrons. The molecule has 8 nitrogen and oxygen atoms in total. The molecular formula is C18H20N4O4. The second-order valence-electron chi connectivity index (χ2n) is 7.08. The van der Waals surface area contributed by atoms with Crippen LogP contribution in [0, 0.1) is 11.3 Å². The number of fused-ring (bicyclic) bond motifs is 1. The first-order valence-electron chi connectivity index (χ1n) is 8.10. The number of carbonyl (C=O) groups is 1. The van der Waals surface area contributed by atoms with Gasteiger partial charge in [0.1, 0.15) is 29.8 Å². The number of allylic oxidation sites excluding steroid dienone is 1. The summed E-state index contributed by atoms with van der Waals surface area (Å²) in [6, 6.07) is 5.56. The minimum atomic E-state index is -0.553. The van der Waals surface area contributed by atoms with Crippen LogP contribution in [-0.2, 0) is 21.6 Å². The molecule has 0 fully saturated rings. The van der Waals surface area contributed by atoms with Crippen molar-refractivity contribution in [1.82, 2.24) is 10.2 Å². The number of hydrogen-bond donors (Lipinski definition) is 2. The first-order valence-corrected chi connectivity index (χ1v) is 8.10. The number of furan rings is 1. The lowest BCUT2D eigenvalue weighted by Crippen LogP contribution is -2.23. The molecule has 0 saturated carbocycles. The fraction of sp³-hybridized carbons (Fsp3) is 0.389. The van der Waals surface area contributed by atoms with Gasteiger partial charge in [0, 0.05) is 18.0 Å². The molecule has 1 atom stereocenters. The van der Waals surface area contributed by atoms with E-state index in [4.69, 9.17) is 19.6 Å². The van der Waals surface area contributed by atoms with Gasteiger partial charge < -0.3 is 19.6 Å². The highest BCUT2D eigenvalue weighted by Gasteiger charge is 2.39. The maximum absolute atomic E-state index is 11.0. The van der Waals surface area contributed by atoms with Crippen molar-refractivity contribution in [3.63, 3.8) is 0 Å². The molecule has 0 amide bonds. The third-order valence-electron chi connectivity index (χ3n) is 4.07. The number of H-pyrrole nitrogens is 1. The van der Waals surface area contributed by atoms with E-state index in [0.29, 0.717) is 17.4 Å². The van der Waals surface area contributed by atoms with Crippen LogP contribution in [0.2, 0.25) is 0 Å². The molecule has 0 unspecified atom stereocenters. The van der Waals surface area contributed by atoms with Crippen molar-refractivity contribution in [3.8, 4) is 11.9 Å². The van der Waals surface area contributed by atoms with Crippen molar-refractivity contribution in [1.29, 1.82) is 5.26 Å². The van der Waals surface area contributed by atoms with E-state index in [1.165, 1.54) is 6.92 Å². The molecule has 0 spiro atoms. The van der Waals surface area contributed by atoms with E-state index < -0.39 is 11.9 Å². The molecule has 0 saturated heterocycles. The van der Waals surface area contributed by atoms with E-state index in [9.17, 15) is 10.1 Å². The largest absolute Gasteiger partial charge is 0.461 e. The zero-order valence-electron chi connectivity index (χ0n) is 15.0. The Labute approximate surface area is 150 Å². The van der Waals surface area contributed by atoms with Gasteiger partial charge in [-0.2, -0.15) is 5.26 Å². The van der Waals surface area contributed by atoms with Crippen molar-refractivity contribution in [2.24, 2.45) is 5.73 Å². The first-order chi connectivity index (χ1) is 12.2. The number of carbonyl (C=O) groups excluding carboxylic acids is 1.